The summed E-state index contributed by atoms with van der Waals surface area (Å²) in [5.74, 6) is 0.388. The molecule has 0 atom stereocenters. The van der Waals surface area contributed by atoms with E-state index >= 15 is 0 Å². The van der Waals surface area contributed by atoms with E-state index in [1.54, 1.807) is 21.7 Å². The van der Waals surface area contributed by atoms with Crippen molar-refractivity contribution in [2.75, 3.05) is 13.1 Å². The number of piperidine rings is 1. The van der Waals surface area contributed by atoms with Crippen LogP contribution >= 0.6 is 11.6 Å². The SMILES string of the molecule is O=C(c1nnn(-c2ccccc2)c1-n1cccc1)N1CCC(O)(c2ccc(Cl)cc2)CC1. The number of carbonyl (C=O) groups excluding carboxylic acids is 1. The Morgan fingerprint density at radius 3 is 2.25 bits per heavy atom. The van der Waals surface area contributed by atoms with Gasteiger partial charge in [0, 0.05) is 30.5 Å². The van der Waals surface area contributed by atoms with Gasteiger partial charge in [0.25, 0.3) is 5.91 Å². The Morgan fingerprint density at radius 1 is 0.938 bits per heavy atom. The number of carbonyl (C=O) groups is 1. The maximum absolute atomic E-state index is 13.5. The predicted octanol–water partition coefficient (Wildman–Crippen LogP) is 3.84. The normalized spacial score (nSPS) is 15.6. The third-order valence-electron chi connectivity index (χ3n) is 5.96. The molecular formula is C24H22ClN5O2. The first-order valence-electron chi connectivity index (χ1n) is 10.5. The van der Waals surface area contributed by atoms with Gasteiger partial charge in [0.15, 0.2) is 11.5 Å². The van der Waals surface area contributed by atoms with Crippen molar-refractivity contribution < 1.29 is 9.90 Å². The zero-order chi connectivity index (χ0) is 22.1. The van der Waals surface area contributed by atoms with Gasteiger partial charge < -0.3 is 14.6 Å². The lowest BCUT2D eigenvalue weighted by Crippen LogP contribution is -2.45. The Morgan fingerprint density at radius 2 is 1.59 bits per heavy atom. The molecule has 4 aromatic rings. The molecule has 7 nitrogen and oxygen atoms in total. The topological polar surface area (TPSA) is 76.2 Å². The van der Waals surface area contributed by atoms with Crippen LogP contribution in [0.2, 0.25) is 5.02 Å². The first-order chi connectivity index (χ1) is 15.5. The van der Waals surface area contributed by atoms with Crippen molar-refractivity contribution in [1.29, 1.82) is 0 Å². The number of halogens is 1. The summed E-state index contributed by atoms with van der Waals surface area (Å²) in [5.41, 5.74) is 0.935. The number of rotatable bonds is 4. The molecule has 0 unspecified atom stereocenters. The molecule has 32 heavy (non-hydrogen) atoms. The van der Waals surface area contributed by atoms with Crippen molar-refractivity contribution in [3.8, 4) is 11.5 Å². The fourth-order valence-electron chi connectivity index (χ4n) is 4.14. The van der Waals surface area contributed by atoms with Gasteiger partial charge in [-0.05, 0) is 54.8 Å². The van der Waals surface area contributed by atoms with Crippen molar-refractivity contribution in [2.24, 2.45) is 0 Å². The molecule has 1 fully saturated rings. The van der Waals surface area contributed by atoms with Crippen LogP contribution in [0.25, 0.3) is 11.5 Å². The summed E-state index contributed by atoms with van der Waals surface area (Å²) in [6.07, 6.45) is 4.60. The fourth-order valence-corrected chi connectivity index (χ4v) is 4.27. The number of para-hydroxylation sites is 1. The Kier molecular flexibility index (Phi) is 5.28. The molecule has 8 heteroatoms. The first-order valence-corrected chi connectivity index (χ1v) is 10.9. The van der Waals surface area contributed by atoms with E-state index in [9.17, 15) is 9.90 Å². The van der Waals surface area contributed by atoms with Gasteiger partial charge in [-0.1, -0.05) is 47.1 Å². The molecule has 0 saturated carbocycles. The molecule has 2 aromatic carbocycles. The molecule has 2 aromatic heterocycles. The molecule has 1 saturated heterocycles. The maximum Gasteiger partial charge on any atom is 0.278 e. The van der Waals surface area contributed by atoms with E-state index in [0.29, 0.717) is 36.8 Å². The predicted molar refractivity (Wildman–Crippen MR) is 121 cm³/mol. The standard InChI is InChI=1S/C24H22ClN5O2/c25-19-10-8-18(9-11-19)24(32)12-16-29(17-13-24)23(31)21-22(28-14-4-5-15-28)30(27-26-21)20-6-2-1-3-7-20/h1-11,14-15,32H,12-13,16-17H2. The molecule has 1 aliphatic heterocycles. The number of aromatic nitrogens is 4. The largest absolute Gasteiger partial charge is 0.385 e. The Bertz CT molecular complexity index is 1210. The first kappa shape index (κ1) is 20.5. The van der Waals surface area contributed by atoms with Gasteiger partial charge >= 0.3 is 0 Å². The van der Waals surface area contributed by atoms with Gasteiger partial charge in [-0.25, -0.2) is 0 Å². The number of amides is 1. The van der Waals surface area contributed by atoms with Crippen LogP contribution < -0.4 is 0 Å². The van der Waals surface area contributed by atoms with E-state index in [0.717, 1.165) is 11.3 Å². The molecule has 0 radical (unpaired) electrons. The van der Waals surface area contributed by atoms with Crippen molar-refractivity contribution >= 4 is 17.5 Å². The summed E-state index contributed by atoms with van der Waals surface area (Å²) < 4.78 is 3.51. The molecule has 1 N–H and O–H groups in total. The van der Waals surface area contributed by atoms with Gasteiger partial charge in [-0.15, -0.1) is 5.10 Å². The third-order valence-corrected chi connectivity index (χ3v) is 6.21. The zero-order valence-electron chi connectivity index (χ0n) is 17.3. The van der Waals surface area contributed by atoms with Crippen LogP contribution in [0, 0.1) is 0 Å². The molecule has 3 heterocycles. The third kappa shape index (κ3) is 3.70. The zero-order valence-corrected chi connectivity index (χ0v) is 18.1. The average Bonchev–Trinajstić information content (AvgIpc) is 3.50. The summed E-state index contributed by atoms with van der Waals surface area (Å²) >= 11 is 5.98. The summed E-state index contributed by atoms with van der Waals surface area (Å²) in [4.78, 5) is 15.2. The number of likely N-dealkylation sites (tertiary alicyclic amines) is 1. The fraction of sp³-hybridized carbons (Fsp3) is 0.208. The van der Waals surface area contributed by atoms with E-state index in [4.69, 9.17) is 11.6 Å². The number of aliphatic hydroxyl groups is 1. The van der Waals surface area contributed by atoms with E-state index in [1.807, 2.05) is 71.6 Å². The highest BCUT2D eigenvalue weighted by molar-refractivity contribution is 6.30. The monoisotopic (exact) mass is 447 g/mol. The lowest BCUT2D eigenvalue weighted by Gasteiger charge is -2.38. The average molecular weight is 448 g/mol. The molecule has 5 rings (SSSR count). The number of benzene rings is 2. The van der Waals surface area contributed by atoms with Gasteiger partial charge in [0.2, 0.25) is 0 Å². The number of hydrogen-bond acceptors (Lipinski definition) is 4. The van der Waals surface area contributed by atoms with Crippen LogP contribution in [-0.4, -0.2) is 48.6 Å². The minimum absolute atomic E-state index is 0.200. The van der Waals surface area contributed by atoms with Gasteiger partial charge in [-0.2, -0.15) is 4.68 Å². The van der Waals surface area contributed by atoms with E-state index < -0.39 is 5.60 Å². The van der Waals surface area contributed by atoms with Crippen molar-refractivity contribution in [3.05, 3.63) is 95.4 Å². The van der Waals surface area contributed by atoms with E-state index in [-0.39, 0.29) is 11.6 Å². The smallest absolute Gasteiger partial charge is 0.278 e. The van der Waals surface area contributed by atoms with Crippen LogP contribution in [0.1, 0.15) is 28.9 Å². The molecule has 0 aliphatic carbocycles. The van der Waals surface area contributed by atoms with Gasteiger partial charge in [-0.3, -0.25) is 4.79 Å². The number of nitrogens with zero attached hydrogens (tertiary/aromatic N) is 5. The Labute approximate surface area is 190 Å². The minimum atomic E-state index is -0.980. The van der Waals surface area contributed by atoms with Gasteiger partial charge in [0.05, 0.1) is 11.3 Å². The molecule has 162 valence electrons. The van der Waals surface area contributed by atoms with Crippen LogP contribution in [0.3, 0.4) is 0 Å². The molecule has 1 aliphatic rings. The van der Waals surface area contributed by atoms with E-state index in [2.05, 4.69) is 10.3 Å². The summed E-state index contributed by atoms with van der Waals surface area (Å²) in [7, 11) is 0. The second-order valence-corrected chi connectivity index (χ2v) is 8.37. The van der Waals surface area contributed by atoms with E-state index in [1.165, 1.54) is 0 Å². The highest BCUT2D eigenvalue weighted by atomic mass is 35.5. The second kappa shape index (κ2) is 8.26. The minimum Gasteiger partial charge on any atom is -0.385 e. The highest BCUT2D eigenvalue weighted by Crippen LogP contribution is 2.34. The number of hydrogen-bond donors (Lipinski definition) is 1. The van der Waals surface area contributed by atoms with Crippen LogP contribution in [-0.2, 0) is 5.60 Å². The Hall–Kier alpha value is -3.42. The quantitative estimate of drug-likeness (QED) is 0.515. The van der Waals surface area contributed by atoms with Crippen LogP contribution in [0.15, 0.2) is 79.1 Å². The van der Waals surface area contributed by atoms with Crippen molar-refractivity contribution in [2.45, 2.75) is 18.4 Å². The molecule has 0 bridgehead atoms. The summed E-state index contributed by atoms with van der Waals surface area (Å²) in [6, 6.07) is 20.6. The lowest BCUT2D eigenvalue weighted by atomic mass is 9.84. The summed E-state index contributed by atoms with van der Waals surface area (Å²) in [6.45, 7) is 0.836. The highest BCUT2D eigenvalue weighted by Gasteiger charge is 2.37. The molecular weight excluding hydrogens is 426 g/mol. The second-order valence-electron chi connectivity index (χ2n) is 7.93. The van der Waals surface area contributed by atoms with Crippen molar-refractivity contribution in [3.63, 3.8) is 0 Å². The molecule has 0 spiro atoms. The molecule has 1 amide bonds. The lowest BCUT2D eigenvalue weighted by molar-refractivity contribution is -0.0212. The van der Waals surface area contributed by atoms with Crippen LogP contribution in [0.5, 0.6) is 0 Å². The summed E-state index contributed by atoms with van der Waals surface area (Å²) in [5, 5.41) is 20.3. The Balaban J connectivity index is 1.42. The maximum atomic E-state index is 13.5. The van der Waals surface area contributed by atoms with Gasteiger partial charge in [0.1, 0.15) is 0 Å². The van der Waals surface area contributed by atoms with Crippen molar-refractivity contribution in [1.82, 2.24) is 24.5 Å². The van der Waals surface area contributed by atoms with Crippen LogP contribution in [0.4, 0.5) is 0 Å².